The Morgan fingerprint density at radius 3 is 2.63 bits per heavy atom. The largest absolute Gasteiger partial charge is 0.393 e. The van der Waals surface area contributed by atoms with Gasteiger partial charge in [0.25, 0.3) is 5.91 Å². The van der Waals surface area contributed by atoms with Crippen LogP contribution < -0.4 is 10.6 Å². The molecule has 0 bridgehead atoms. The molecule has 148 valence electrons. The number of nitrogens with zero attached hydrogens (tertiary/aromatic N) is 3. The van der Waals surface area contributed by atoms with E-state index in [-0.39, 0.29) is 35.4 Å². The van der Waals surface area contributed by atoms with Gasteiger partial charge in [-0.1, -0.05) is 23.4 Å². The summed E-state index contributed by atoms with van der Waals surface area (Å²) in [4.78, 5) is 12.5. The molecular formula is C17H21ClF3N5O. The van der Waals surface area contributed by atoms with Gasteiger partial charge in [0.05, 0.1) is 18.2 Å². The second-order valence-corrected chi connectivity index (χ2v) is 6.35. The molecule has 0 atom stereocenters. The van der Waals surface area contributed by atoms with Crippen molar-refractivity contribution >= 4 is 24.0 Å². The smallest absolute Gasteiger partial charge is 0.320 e. The molecule has 0 unspecified atom stereocenters. The van der Waals surface area contributed by atoms with Crippen LogP contribution in [0.15, 0.2) is 24.3 Å². The number of piperidine rings is 1. The Morgan fingerprint density at radius 2 is 1.96 bits per heavy atom. The minimum atomic E-state index is -4.35. The van der Waals surface area contributed by atoms with Crippen molar-refractivity contribution in [2.75, 3.05) is 18.4 Å². The molecule has 2 N–H and O–H groups in total. The highest BCUT2D eigenvalue weighted by molar-refractivity contribution is 6.03. The maximum Gasteiger partial charge on any atom is 0.393 e. The summed E-state index contributed by atoms with van der Waals surface area (Å²) < 4.78 is 39.9. The van der Waals surface area contributed by atoms with E-state index in [9.17, 15) is 18.0 Å². The number of rotatable bonds is 4. The molecule has 10 heteroatoms. The number of hydrogen-bond acceptors (Lipinski definition) is 4. The number of nitrogens with one attached hydrogen (secondary N) is 2. The number of alkyl halides is 3. The topological polar surface area (TPSA) is 71.8 Å². The quantitative estimate of drug-likeness (QED) is 0.821. The summed E-state index contributed by atoms with van der Waals surface area (Å²) in [5.74, 6) is -0.558. The molecule has 1 aromatic heterocycles. The van der Waals surface area contributed by atoms with Crippen molar-refractivity contribution < 1.29 is 18.0 Å². The lowest BCUT2D eigenvalue weighted by atomic mass is 10.1. The van der Waals surface area contributed by atoms with Gasteiger partial charge in [0.1, 0.15) is 0 Å². The van der Waals surface area contributed by atoms with Crippen molar-refractivity contribution in [2.24, 2.45) is 0 Å². The number of benzene rings is 1. The monoisotopic (exact) mass is 403 g/mol. The fourth-order valence-electron chi connectivity index (χ4n) is 3.14. The van der Waals surface area contributed by atoms with Gasteiger partial charge in [0.2, 0.25) is 0 Å². The summed E-state index contributed by atoms with van der Waals surface area (Å²) in [6.45, 7) is 3.49. The third-order valence-corrected chi connectivity index (χ3v) is 4.45. The van der Waals surface area contributed by atoms with Crippen LogP contribution in [0.25, 0.3) is 0 Å². The molecule has 2 aromatic rings. The van der Waals surface area contributed by atoms with E-state index in [1.165, 1.54) is 18.2 Å². The fourth-order valence-corrected chi connectivity index (χ4v) is 3.14. The molecular weight excluding hydrogens is 383 g/mol. The molecule has 2 heterocycles. The fraction of sp³-hybridized carbons (Fsp3) is 0.471. The van der Waals surface area contributed by atoms with E-state index in [0.29, 0.717) is 5.69 Å². The minimum Gasteiger partial charge on any atom is -0.320 e. The van der Waals surface area contributed by atoms with Gasteiger partial charge >= 0.3 is 6.18 Å². The number of carbonyl (C=O) groups is 1. The minimum absolute atomic E-state index is 0. The lowest BCUT2D eigenvalue weighted by Crippen LogP contribution is -2.30. The van der Waals surface area contributed by atoms with Gasteiger partial charge < -0.3 is 10.6 Å². The molecule has 1 fully saturated rings. The first-order chi connectivity index (χ1) is 12.3. The van der Waals surface area contributed by atoms with E-state index in [4.69, 9.17) is 0 Å². The van der Waals surface area contributed by atoms with Gasteiger partial charge in [0, 0.05) is 5.69 Å². The summed E-state index contributed by atoms with van der Waals surface area (Å²) in [6, 6.07) is 6.06. The van der Waals surface area contributed by atoms with E-state index < -0.39 is 18.5 Å². The van der Waals surface area contributed by atoms with Crippen molar-refractivity contribution in [1.29, 1.82) is 0 Å². The van der Waals surface area contributed by atoms with Crippen LogP contribution >= 0.6 is 12.4 Å². The molecule has 1 aliphatic rings. The molecule has 1 saturated heterocycles. The average Bonchev–Trinajstić information content (AvgIpc) is 2.98. The first-order valence-corrected chi connectivity index (χ1v) is 8.43. The normalized spacial score (nSPS) is 15.3. The van der Waals surface area contributed by atoms with E-state index in [1.54, 1.807) is 17.7 Å². The van der Waals surface area contributed by atoms with E-state index in [0.717, 1.165) is 25.9 Å². The van der Waals surface area contributed by atoms with Crippen molar-refractivity contribution in [3.8, 4) is 0 Å². The molecule has 1 aromatic carbocycles. The van der Waals surface area contributed by atoms with Crippen LogP contribution in [0.2, 0.25) is 0 Å². The molecule has 1 aliphatic heterocycles. The first-order valence-electron chi connectivity index (χ1n) is 8.43. The van der Waals surface area contributed by atoms with Crippen LogP contribution in [0, 0.1) is 6.92 Å². The van der Waals surface area contributed by atoms with Crippen LogP contribution in [0.4, 0.5) is 18.9 Å². The van der Waals surface area contributed by atoms with Crippen LogP contribution in [-0.4, -0.2) is 40.2 Å². The zero-order valence-electron chi connectivity index (χ0n) is 14.7. The molecule has 0 spiro atoms. The number of amides is 1. The lowest BCUT2D eigenvalue weighted by Gasteiger charge is -2.23. The highest BCUT2D eigenvalue weighted by atomic mass is 35.5. The number of hydrogen-bond donors (Lipinski definition) is 2. The Bertz CT molecular complexity index is 787. The predicted molar refractivity (Wildman–Crippen MR) is 97.3 cm³/mol. The van der Waals surface area contributed by atoms with Gasteiger partial charge in [-0.2, -0.15) is 13.2 Å². The van der Waals surface area contributed by atoms with Crippen LogP contribution in [-0.2, 0) is 6.42 Å². The maximum absolute atomic E-state index is 12.7. The Hall–Kier alpha value is -2.13. The third kappa shape index (κ3) is 5.20. The van der Waals surface area contributed by atoms with Gasteiger partial charge in [-0.05, 0) is 44.5 Å². The standard InChI is InChI=1S/C17H20F3N5O.ClH/c1-11-15(23-24-25(11)13-6-8-21-9-7-13)16(26)22-14-5-3-2-4-12(14)10-17(18,19)20;/h2-5,13,21H,6-10H2,1H3,(H,22,26);1H. The van der Waals surface area contributed by atoms with Crippen molar-refractivity contribution in [3.63, 3.8) is 0 Å². The zero-order chi connectivity index (χ0) is 18.7. The van der Waals surface area contributed by atoms with E-state index >= 15 is 0 Å². The summed E-state index contributed by atoms with van der Waals surface area (Å²) in [5.41, 5.74) is 0.885. The van der Waals surface area contributed by atoms with Gasteiger partial charge in [-0.3, -0.25) is 4.79 Å². The SMILES string of the molecule is Cc1c(C(=O)Nc2ccccc2CC(F)(F)F)nnn1C1CCNCC1.Cl. The molecule has 27 heavy (non-hydrogen) atoms. The first kappa shape index (κ1) is 21.2. The van der Waals surface area contributed by atoms with Crippen LogP contribution in [0.5, 0.6) is 0 Å². The van der Waals surface area contributed by atoms with Crippen LogP contribution in [0.1, 0.15) is 40.6 Å². The van der Waals surface area contributed by atoms with E-state index in [2.05, 4.69) is 20.9 Å². The zero-order valence-corrected chi connectivity index (χ0v) is 15.5. The summed E-state index contributed by atoms with van der Waals surface area (Å²) in [6.07, 6.45) is -3.68. The predicted octanol–water partition coefficient (Wildman–Crippen LogP) is 3.29. The molecule has 0 aliphatic carbocycles. The van der Waals surface area contributed by atoms with Crippen molar-refractivity contribution in [3.05, 3.63) is 41.2 Å². The molecule has 6 nitrogen and oxygen atoms in total. The third-order valence-electron chi connectivity index (χ3n) is 4.45. The van der Waals surface area contributed by atoms with Crippen molar-refractivity contribution in [1.82, 2.24) is 20.3 Å². The number of carbonyl (C=O) groups excluding carboxylic acids is 1. The molecule has 1 amide bonds. The Balaban J connectivity index is 0.00000261. The summed E-state index contributed by atoms with van der Waals surface area (Å²) in [7, 11) is 0. The summed E-state index contributed by atoms with van der Waals surface area (Å²) in [5, 5.41) is 13.8. The molecule has 3 rings (SSSR count). The van der Waals surface area contributed by atoms with Crippen LogP contribution in [0.3, 0.4) is 0 Å². The number of anilines is 1. The Morgan fingerprint density at radius 1 is 1.30 bits per heavy atom. The van der Waals surface area contributed by atoms with E-state index in [1.807, 2.05) is 0 Å². The lowest BCUT2D eigenvalue weighted by molar-refractivity contribution is -0.127. The maximum atomic E-state index is 12.7. The second-order valence-electron chi connectivity index (χ2n) is 6.35. The molecule has 0 saturated carbocycles. The average molecular weight is 404 g/mol. The number of aromatic nitrogens is 3. The molecule has 0 radical (unpaired) electrons. The highest BCUT2D eigenvalue weighted by Gasteiger charge is 2.29. The Kier molecular flexibility index (Phi) is 6.83. The summed E-state index contributed by atoms with van der Waals surface area (Å²) >= 11 is 0. The Labute approximate surface area is 160 Å². The highest BCUT2D eigenvalue weighted by Crippen LogP contribution is 2.27. The number of halogens is 4. The van der Waals surface area contributed by atoms with Gasteiger partial charge in [-0.25, -0.2) is 4.68 Å². The van der Waals surface area contributed by atoms with Gasteiger partial charge in [0.15, 0.2) is 5.69 Å². The van der Waals surface area contributed by atoms with Gasteiger partial charge in [-0.15, -0.1) is 17.5 Å². The second kappa shape index (κ2) is 8.71. The number of para-hydroxylation sites is 1. The van der Waals surface area contributed by atoms with Crippen molar-refractivity contribution in [2.45, 2.75) is 38.4 Å².